The van der Waals surface area contributed by atoms with Crippen LogP contribution in [0.5, 0.6) is 0 Å². The van der Waals surface area contributed by atoms with Gasteiger partial charge in [-0.15, -0.1) is 0 Å². The number of likely N-dealkylation sites (tertiary alicyclic amines) is 1. The molecule has 1 aliphatic rings. The van der Waals surface area contributed by atoms with Crippen molar-refractivity contribution < 1.29 is 18.3 Å². The Balaban J connectivity index is 1.74. The van der Waals surface area contributed by atoms with E-state index >= 15 is 0 Å². The third-order valence-corrected chi connectivity index (χ3v) is 3.61. The maximum Gasteiger partial charge on any atom is 0.410 e. The maximum atomic E-state index is 13.1. The molecule has 0 aromatic heterocycles. The molecule has 4 nitrogen and oxygen atoms in total. The van der Waals surface area contributed by atoms with Gasteiger partial charge in [0.2, 0.25) is 0 Å². The number of carbonyl (C=O) groups excluding carboxylic acids is 1. The van der Waals surface area contributed by atoms with Gasteiger partial charge in [-0.25, -0.2) is 13.6 Å². The summed E-state index contributed by atoms with van der Waals surface area (Å²) in [5, 5.41) is 3.32. The molecule has 0 aliphatic carbocycles. The zero-order valence-corrected chi connectivity index (χ0v) is 13.9. The van der Waals surface area contributed by atoms with Crippen molar-refractivity contribution in [1.29, 1.82) is 0 Å². The van der Waals surface area contributed by atoms with Gasteiger partial charge < -0.3 is 15.0 Å². The van der Waals surface area contributed by atoms with Crippen LogP contribution in [0.1, 0.15) is 32.8 Å². The number of benzene rings is 1. The van der Waals surface area contributed by atoms with Gasteiger partial charge in [-0.3, -0.25) is 0 Å². The lowest BCUT2D eigenvalue weighted by Gasteiger charge is -2.24. The van der Waals surface area contributed by atoms with E-state index in [2.05, 4.69) is 5.32 Å². The van der Waals surface area contributed by atoms with E-state index in [1.165, 1.54) is 12.1 Å². The van der Waals surface area contributed by atoms with Crippen LogP contribution in [0.15, 0.2) is 18.2 Å². The molecule has 1 heterocycles. The van der Waals surface area contributed by atoms with Crippen molar-refractivity contribution in [2.45, 2.75) is 45.3 Å². The average Bonchev–Trinajstić information content (AvgIpc) is 2.84. The van der Waals surface area contributed by atoms with Crippen molar-refractivity contribution in [3.05, 3.63) is 35.4 Å². The summed E-state index contributed by atoms with van der Waals surface area (Å²) in [7, 11) is 0. The molecule has 1 amide bonds. The van der Waals surface area contributed by atoms with Gasteiger partial charge in [-0.05, 0) is 57.9 Å². The lowest BCUT2D eigenvalue weighted by Crippen LogP contribution is -2.38. The minimum absolute atomic E-state index is 0.181. The van der Waals surface area contributed by atoms with Gasteiger partial charge in [-0.2, -0.15) is 0 Å². The highest BCUT2D eigenvalue weighted by atomic mass is 19.1. The number of halogens is 2. The van der Waals surface area contributed by atoms with Crippen LogP contribution in [0.2, 0.25) is 0 Å². The average molecular weight is 326 g/mol. The maximum absolute atomic E-state index is 13.1. The zero-order chi connectivity index (χ0) is 17.0. The summed E-state index contributed by atoms with van der Waals surface area (Å²) < 4.78 is 31.6. The van der Waals surface area contributed by atoms with E-state index in [0.717, 1.165) is 12.5 Å². The van der Waals surface area contributed by atoms with Crippen molar-refractivity contribution in [2.75, 3.05) is 19.6 Å². The zero-order valence-electron chi connectivity index (χ0n) is 13.9. The monoisotopic (exact) mass is 326 g/mol. The predicted octanol–water partition coefficient (Wildman–Crippen LogP) is 3.11. The molecule has 6 heteroatoms. The highest BCUT2D eigenvalue weighted by Gasteiger charge is 2.29. The molecule has 1 atom stereocenters. The van der Waals surface area contributed by atoms with E-state index in [4.69, 9.17) is 4.74 Å². The van der Waals surface area contributed by atoms with Crippen molar-refractivity contribution in [3.63, 3.8) is 0 Å². The second-order valence-electron chi connectivity index (χ2n) is 6.89. The van der Waals surface area contributed by atoms with Crippen LogP contribution in [-0.4, -0.2) is 42.3 Å². The van der Waals surface area contributed by atoms with Gasteiger partial charge in [0, 0.05) is 25.2 Å². The lowest BCUT2D eigenvalue weighted by molar-refractivity contribution is 0.0291. The van der Waals surface area contributed by atoms with E-state index < -0.39 is 17.2 Å². The third kappa shape index (κ3) is 5.78. The lowest BCUT2D eigenvalue weighted by atomic mass is 10.1. The molecule has 0 spiro atoms. The van der Waals surface area contributed by atoms with Gasteiger partial charge in [-0.1, -0.05) is 0 Å². The molecule has 1 unspecified atom stereocenters. The minimum Gasteiger partial charge on any atom is -0.444 e. The molecule has 1 saturated heterocycles. The number of ether oxygens (including phenoxy) is 1. The predicted molar refractivity (Wildman–Crippen MR) is 84.3 cm³/mol. The highest BCUT2D eigenvalue weighted by Crippen LogP contribution is 2.15. The Hall–Kier alpha value is -1.69. The number of hydrogen-bond acceptors (Lipinski definition) is 3. The largest absolute Gasteiger partial charge is 0.444 e. The fraction of sp³-hybridized carbons (Fsp3) is 0.588. The van der Waals surface area contributed by atoms with Crippen LogP contribution >= 0.6 is 0 Å². The Kier molecular flexibility index (Phi) is 5.57. The molecule has 0 radical (unpaired) electrons. The second kappa shape index (κ2) is 7.25. The standard InChI is InChI=1S/C17H24F2N2O2/c1-17(2,3)23-16(22)21-7-5-15(11-21)20-6-4-12-8-13(18)10-14(19)9-12/h8-10,15,20H,4-7,11H2,1-3H3. The molecule has 1 aliphatic heterocycles. The van der Waals surface area contributed by atoms with E-state index in [1.54, 1.807) is 4.90 Å². The number of nitrogens with zero attached hydrogens (tertiary/aromatic N) is 1. The Bertz CT molecular complexity index is 538. The van der Waals surface area contributed by atoms with Gasteiger partial charge in [0.05, 0.1) is 0 Å². The van der Waals surface area contributed by atoms with Gasteiger partial charge in [0.1, 0.15) is 17.2 Å². The summed E-state index contributed by atoms with van der Waals surface area (Å²) in [6.07, 6.45) is 1.09. The molecule has 128 valence electrons. The van der Waals surface area contributed by atoms with Crippen LogP contribution in [0.3, 0.4) is 0 Å². The Morgan fingerprint density at radius 1 is 1.30 bits per heavy atom. The first-order chi connectivity index (χ1) is 10.7. The SMILES string of the molecule is CC(C)(C)OC(=O)N1CCC(NCCc2cc(F)cc(F)c2)C1. The van der Waals surface area contributed by atoms with E-state index in [1.807, 2.05) is 20.8 Å². The molecule has 1 aromatic rings. The fourth-order valence-corrected chi connectivity index (χ4v) is 2.60. The summed E-state index contributed by atoms with van der Waals surface area (Å²) in [6.45, 7) is 7.38. The Morgan fingerprint density at radius 2 is 1.96 bits per heavy atom. The molecule has 0 bridgehead atoms. The third-order valence-electron chi connectivity index (χ3n) is 3.61. The number of carbonyl (C=O) groups is 1. The summed E-state index contributed by atoms with van der Waals surface area (Å²) >= 11 is 0. The number of rotatable bonds is 4. The van der Waals surface area contributed by atoms with Crippen LogP contribution in [0.4, 0.5) is 13.6 Å². The molecule has 1 aromatic carbocycles. The van der Waals surface area contributed by atoms with Gasteiger partial charge >= 0.3 is 6.09 Å². The number of hydrogen-bond donors (Lipinski definition) is 1. The molecular formula is C17H24F2N2O2. The number of nitrogens with one attached hydrogen (secondary N) is 1. The number of amides is 1. The van der Waals surface area contributed by atoms with Crippen LogP contribution in [-0.2, 0) is 11.2 Å². The van der Waals surface area contributed by atoms with E-state index in [-0.39, 0.29) is 12.1 Å². The van der Waals surface area contributed by atoms with Gasteiger partial charge in [0.25, 0.3) is 0 Å². The smallest absolute Gasteiger partial charge is 0.410 e. The second-order valence-corrected chi connectivity index (χ2v) is 6.89. The highest BCUT2D eigenvalue weighted by molar-refractivity contribution is 5.68. The van der Waals surface area contributed by atoms with Crippen molar-refractivity contribution >= 4 is 6.09 Å². The fourth-order valence-electron chi connectivity index (χ4n) is 2.60. The van der Waals surface area contributed by atoms with Crippen LogP contribution < -0.4 is 5.32 Å². The molecule has 23 heavy (non-hydrogen) atoms. The van der Waals surface area contributed by atoms with Gasteiger partial charge in [0.15, 0.2) is 0 Å². The topological polar surface area (TPSA) is 41.6 Å². The summed E-state index contributed by atoms with van der Waals surface area (Å²) in [5.74, 6) is -1.12. The quantitative estimate of drug-likeness (QED) is 0.924. The van der Waals surface area contributed by atoms with Crippen LogP contribution in [0, 0.1) is 11.6 Å². The summed E-state index contributed by atoms with van der Waals surface area (Å²) in [4.78, 5) is 13.7. The Labute approximate surface area is 135 Å². The first-order valence-corrected chi connectivity index (χ1v) is 7.89. The van der Waals surface area contributed by atoms with E-state index in [9.17, 15) is 13.6 Å². The van der Waals surface area contributed by atoms with E-state index in [0.29, 0.717) is 31.6 Å². The minimum atomic E-state index is -0.558. The molecule has 2 rings (SSSR count). The van der Waals surface area contributed by atoms with Crippen molar-refractivity contribution in [3.8, 4) is 0 Å². The summed E-state index contributed by atoms with van der Waals surface area (Å²) in [6, 6.07) is 3.73. The van der Waals surface area contributed by atoms with Crippen molar-refractivity contribution in [1.82, 2.24) is 10.2 Å². The Morgan fingerprint density at radius 3 is 2.57 bits per heavy atom. The summed E-state index contributed by atoms with van der Waals surface area (Å²) in [5.41, 5.74) is 0.126. The molecule has 1 N–H and O–H groups in total. The molecule has 0 saturated carbocycles. The van der Waals surface area contributed by atoms with Crippen molar-refractivity contribution in [2.24, 2.45) is 0 Å². The molecule has 1 fully saturated rings. The van der Waals surface area contributed by atoms with Crippen LogP contribution in [0.25, 0.3) is 0 Å². The normalized spacial score (nSPS) is 18.3. The molecular weight excluding hydrogens is 302 g/mol. The first-order valence-electron chi connectivity index (χ1n) is 7.89. The first kappa shape index (κ1) is 17.7.